The SMILES string of the molecule is NCc1ccc(S(=O)(=O)NCCc2ncn[nH]2)o1. The standard InChI is InChI=1S/C9H13N5O3S/c10-5-7-1-2-9(17-7)18(15,16)13-4-3-8-11-6-12-14-8/h1-2,6,13H,3-5,10H2,(H,11,12,14). The Labute approximate surface area is 104 Å². The molecule has 0 fully saturated rings. The first-order valence-corrected chi connectivity index (χ1v) is 6.73. The van der Waals surface area contributed by atoms with Crippen LogP contribution in [0.3, 0.4) is 0 Å². The first kappa shape index (κ1) is 12.7. The van der Waals surface area contributed by atoms with Gasteiger partial charge in [-0.25, -0.2) is 18.1 Å². The van der Waals surface area contributed by atoms with Crippen molar-refractivity contribution in [3.8, 4) is 0 Å². The van der Waals surface area contributed by atoms with Gasteiger partial charge in [-0.2, -0.15) is 5.10 Å². The third kappa shape index (κ3) is 2.94. The molecule has 18 heavy (non-hydrogen) atoms. The molecule has 0 aliphatic carbocycles. The van der Waals surface area contributed by atoms with E-state index in [1.54, 1.807) is 0 Å². The van der Waals surface area contributed by atoms with Crippen LogP contribution in [0.4, 0.5) is 0 Å². The molecule has 0 atom stereocenters. The number of rotatable bonds is 6. The lowest BCUT2D eigenvalue weighted by atomic mass is 10.4. The molecule has 2 aromatic heterocycles. The number of furan rings is 1. The summed E-state index contributed by atoms with van der Waals surface area (Å²) in [5.74, 6) is 1.03. The highest BCUT2D eigenvalue weighted by molar-refractivity contribution is 7.89. The van der Waals surface area contributed by atoms with E-state index in [9.17, 15) is 8.42 Å². The van der Waals surface area contributed by atoms with Crippen molar-refractivity contribution in [1.82, 2.24) is 19.9 Å². The van der Waals surface area contributed by atoms with Gasteiger partial charge in [0.1, 0.15) is 17.9 Å². The minimum atomic E-state index is -3.64. The summed E-state index contributed by atoms with van der Waals surface area (Å²) in [6.07, 6.45) is 1.79. The molecule has 8 nitrogen and oxygen atoms in total. The number of nitrogens with one attached hydrogen (secondary N) is 2. The number of hydrogen-bond donors (Lipinski definition) is 3. The zero-order valence-electron chi connectivity index (χ0n) is 9.46. The molecule has 4 N–H and O–H groups in total. The topological polar surface area (TPSA) is 127 Å². The average Bonchev–Trinajstić information content (AvgIpc) is 2.99. The van der Waals surface area contributed by atoms with Gasteiger partial charge in [0.05, 0.1) is 6.54 Å². The second-order valence-electron chi connectivity index (χ2n) is 3.50. The molecule has 0 spiro atoms. The summed E-state index contributed by atoms with van der Waals surface area (Å²) in [5.41, 5.74) is 5.34. The van der Waals surface area contributed by atoms with Crippen molar-refractivity contribution in [2.45, 2.75) is 18.1 Å². The van der Waals surface area contributed by atoms with Gasteiger partial charge in [0, 0.05) is 13.0 Å². The lowest BCUT2D eigenvalue weighted by molar-refractivity contribution is 0.413. The lowest BCUT2D eigenvalue weighted by Gasteiger charge is -2.02. The second kappa shape index (κ2) is 5.29. The van der Waals surface area contributed by atoms with Gasteiger partial charge in [-0.3, -0.25) is 5.10 Å². The van der Waals surface area contributed by atoms with Gasteiger partial charge in [-0.05, 0) is 12.1 Å². The number of aromatic nitrogens is 3. The van der Waals surface area contributed by atoms with Crippen LogP contribution in [0.15, 0.2) is 28.0 Å². The first-order chi connectivity index (χ1) is 8.62. The number of aromatic amines is 1. The Morgan fingerprint density at radius 2 is 2.28 bits per heavy atom. The quantitative estimate of drug-likeness (QED) is 0.642. The van der Waals surface area contributed by atoms with Crippen LogP contribution in [0.25, 0.3) is 0 Å². The number of H-pyrrole nitrogens is 1. The molecular formula is C9H13N5O3S. The molecule has 0 aromatic carbocycles. The van der Waals surface area contributed by atoms with Crippen molar-refractivity contribution in [2.24, 2.45) is 5.73 Å². The third-order valence-electron chi connectivity index (χ3n) is 2.22. The van der Waals surface area contributed by atoms with E-state index in [0.29, 0.717) is 18.0 Å². The van der Waals surface area contributed by atoms with E-state index < -0.39 is 10.0 Å². The molecular weight excluding hydrogens is 258 g/mol. The largest absolute Gasteiger partial charge is 0.447 e. The maximum atomic E-state index is 11.8. The van der Waals surface area contributed by atoms with Crippen LogP contribution < -0.4 is 10.5 Å². The zero-order valence-corrected chi connectivity index (χ0v) is 10.3. The Morgan fingerprint density at radius 1 is 1.44 bits per heavy atom. The van der Waals surface area contributed by atoms with E-state index in [4.69, 9.17) is 10.2 Å². The Morgan fingerprint density at radius 3 is 2.89 bits per heavy atom. The fourth-order valence-electron chi connectivity index (χ4n) is 1.34. The van der Waals surface area contributed by atoms with E-state index in [2.05, 4.69) is 19.9 Å². The number of nitrogens with two attached hydrogens (primary N) is 1. The molecule has 0 aliphatic heterocycles. The number of nitrogens with zero attached hydrogens (tertiary/aromatic N) is 2. The van der Waals surface area contributed by atoms with Crippen molar-refractivity contribution < 1.29 is 12.8 Å². The fraction of sp³-hybridized carbons (Fsp3) is 0.333. The van der Waals surface area contributed by atoms with Crippen LogP contribution in [0, 0.1) is 0 Å². The van der Waals surface area contributed by atoms with E-state index in [1.165, 1.54) is 18.5 Å². The molecule has 98 valence electrons. The molecule has 0 amide bonds. The van der Waals surface area contributed by atoms with Gasteiger partial charge < -0.3 is 10.2 Å². The van der Waals surface area contributed by atoms with Crippen LogP contribution in [-0.2, 0) is 23.0 Å². The summed E-state index contributed by atoms with van der Waals surface area (Å²) in [6.45, 7) is 0.365. The molecule has 2 heterocycles. The smallest absolute Gasteiger partial charge is 0.273 e. The molecule has 0 radical (unpaired) electrons. The third-order valence-corrected chi connectivity index (χ3v) is 3.56. The Hall–Kier alpha value is -1.71. The van der Waals surface area contributed by atoms with Crippen LogP contribution in [0.1, 0.15) is 11.6 Å². The number of sulfonamides is 1. The van der Waals surface area contributed by atoms with Crippen molar-refractivity contribution in [1.29, 1.82) is 0 Å². The summed E-state index contributed by atoms with van der Waals surface area (Å²) < 4.78 is 31.1. The van der Waals surface area contributed by atoms with E-state index in [0.717, 1.165) is 0 Å². The van der Waals surface area contributed by atoms with Crippen molar-refractivity contribution in [3.63, 3.8) is 0 Å². The molecule has 0 saturated carbocycles. The van der Waals surface area contributed by atoms with Gasteiger partial charge in [0.15, 0.2) is 0 Å². The molecule has 9 heteroatoms. The Balaban J connectivity index is 1.95. The van der Waals surface area contributed by atoms with Crippen LogP contribution in [0.2, 0.25) is 0 Å². The fourth-order valence-corrected chi connectivity index (χ4v) is 2.32. The molecule has 0 unspecified atom stereocenters. The highest BCUT2D eigenvalue weighted by atomic mass is 32.2. The predicted molar refractivity (Wildman–Crippen MR) is 61.9 cm³/mol. The minimum absolute atomic E-state index is 0.138. The van der Waals surface area contributed by atoms with Crippen LogP contribution >= 0.6 is 0 Å². The first-order valence-electron chi connectivity index (χ1n) is 5.24. The van der Waals surface area contributed by atoms with Crippen LogP contribution in [0.5, 0.6) is 0 Å². The summed E-state index contributed by atoms with van der Waals surface area (Å²) in [4.78, 5) is 3.88. The average molecular weight is 271 g/mol. The van der Waals surface area contributed by atoms with E-state index in [1.807, 2.05) is 0 Å². The molecule has 0 aliphatic rings. The highest BCUT2D eigenvalue weighted by Gasteiger charge is 2.17. The normalized spacial score (nSPS) is 11.8. The zero-order chi connectivity index (χ0) is 13.0. The van der Waals surface area contributed by atoms with Crippen molar-refractivity contribution in [3.05, 3.63) is 30.0 Å². The highest BCUT2D eigenvalue weighted by Crippen LogP contribution is 2.12. The summed E-state index contributed by atoms with van der Waals surface area (Å²) in [7, 11) is -3.64. The Bertz CT molecular complexity index is 590. The van der Waals surface area contributed by atoms with Crippen LogP contribution in [-0.4, -0.2) is 30.1 Å². The second-order valence-corrected chi connectivity index (χ2v) is 5.20. The molecule has 2 rings (SSSR count). The van der Waals surface area contributed by atoms with E-state index in [-0.39, 0.29) is 18.2 Å². The summed E-state index contributed by atoms with van der Waals surface area (Å²) >= 11 is 0. The lowest BCUT2D eigenvalue weighted by Crippen LogP contribution is -2.25. The monoisotopic (exact) mass is 271 g/mol. The predicted octanol–water partition coefficient (Wildman–Crippen LogP) is -0.623. The van der Waals surface area contributed by atoms with Crippen molar-refractivity contribution in [2.75, 3.05) is 6.54 Å². The van der Waals surface area contributed by atoms with Gasteiger partial charge in [-0.1, -0.05) is 0 Å². The van der Waals surface area contributed by atoms with Gasteiger partial charge in [-0.15, -0.1) is 0 Å². The number of hydrogen-bond acceptors (Lipinski definition) is 6. The van der Waals surface area contributed by atoms with Gasteiger partial charge in [0.2, 0.25) is 5.09 Å². The van der Waals surface area contributed by atoms with Gasteiger partial charge >= 0.3 is 0 Å². The maximum absolute atomic E-state index is 11.8. The van der Waals surface area contributed by atoms with Crippen molar-refractivity contribution >= 4 is 10.0 Å². The molecule has 2 aromatic rings. The minimum Gasteiger partial charge on any atom is -0.447 e. The molecule has 0 saturated heterocycles. The molecule has 0 bridgehead atoms. The van der Waals surface area contributed by atoms with E-state index >= 15 is 0 Å². The summed E-state index contributed by atoms with van der Waals surface area (Å²) in [6, 6.07) is 2.91. The Kier molecular flexibility index (Phi) is 3.75. The van der Waals surface area contributed by atoms with Gasteiger partial charge in [0.25, 0.3) is 10.0 Å². The summed E-state index contributed by atoms with van der Waals surface area (Å²) in [5, 5.41) is 6.17. The maximum Gasteiger partial charge on any atom is 0.273 e.